The van der Waals surface area contributed by atoms with Crippen LogP contribution in [0.5, 0.6) is 0 Å². The zero-order valence-electron chi connectivity index (χ0n) is 18.0. The van der Waals surface area contributed by atoms with Gasteiger partial charge in [0, 0.05) is 6.61 Å². The van der Waals surface area contributed by atoms with Crippen molar-refractivity contribution in [3.63, 3.8) is 0 Å². The average molecular weight is 389 g/mol. The largest absolute Gasteiger partial charge is 0.442 e. The molecule has 0 atom stereocenters. The molecule has 0 aromatic heterocycles. The lowest BCUT2D eigenvalue weighted by atomic mass is 10.0. The molecular weight excluding hydrogens is 340 g/mol. The van der Waals surface area contributed by atoms with Gasteiger partial charge in [-0.1, -0.05) is 110 Å². The van der Waals surface area contributed by atoms with Gasteiger partial charge in [0.25, 0.3) is 0 Å². The molecule has 0 aromatic carbocycles. The second kappa shape index (κ2) is 19.1. The molecule has 0 radical (unpaired) electrons. The first-order chi connectivity index (χ1) is 12.1. The van der Waals surface area contributed by atoms with Gasteiger partial charge in [-0.15, -0.1) is 0 Å². The van der Waals surface area contributed by atoms with Crippen LogP contribution in [0.15, 0.2) is 0 Å². The van der Waals surface area contributed by atoms with Crippen molar-refractivity contribution in [1.82, 2.24) is 0 Å². The lowest BCUT2D eigenvalue weighted by Gasteiger charge is -2.22. The average Bonchev–Trinajstić information content (AvgIpc) is 2.57. The molecule has 0 N–H and O–H groups in total. The van der Waals surface area contributed by atoms with Crippen molar-refractivity contribution < 1.29 is 8.54 Å². The summed E-state index contributed by atoms with van der Waals surface area (Å²) >= 11 is 0. The maximum absolute atomic E-state index is 5.94. The minimum atomic E-state index is -1.75. The van der Waals surface area contributed by atoms with E-state index in [4.69, 9.17) is 8.54 Å². The van der Waals surface area contributed by atoms with E-state index in [2.05, 4.69) is 26.6 Å². The third kappa shape index (κ3) is 20.5. The summed E-state index contributed by atoms with van der Waals surface area (Å²) in [6.07, 6.45) is 22.7. The van der Waals surface area contributed by atoms with Gasteiger partial charge in [-0.05, 0) is 19.5 Å². The van der Waals surface area contributed by atoms with Gasteiger partial charge in [0.1, 0.15) is 9.76 Å². The minimum Gasteiger partial charge on any atom is -0.442 e. The molecule has 0 unspecified atom stereocenters. The highest BCUT2D eigenvalue weighted by Crippen LogP contribution is 2.14. The van der Waals surface area contributed by atoms with Crippen LogP contribution in [0.2, 0.25) is 19.6 Å². The molecule has 2 nitrogen and oxygen atoms in total. The quantitative estimate of drug-likeness (QED) is 0.163. The first-order valence-corrected chi connectivity index (χ1v) is 16.2. The van der Waals surface area contributed by atoms with E-state index >= 15 is 0 Å². The first-order valence-electron chi connectivity index (χ1n) is 11.4. The monoisotopic (exact) mass is 388 g/mol. The predicted octanol–water partition coefficient (Wildman–Crippen LogP) is 7.11. The van der Waals surface area contributed by atoms with Crippen LogP contribution in [0.1, 0.15) is 110 Å². The zero-order chi connectivity index (χ0) is 18.6. The highest BCUT2D eigenvalue weighted by molar-refractivity contribution is 6.69. The van der Waals surface area contributed by atoms with Crippen LogP contribution in [0.25, 0.3) is 0 Å². The maximum Gasteiger partial charge on any atom is 0.321 e. The van der Waals surface area contributed by atoms with Crippen molar-refractivity contribution in [3.8, 4) is 0 Å². The number of rotatable bonds is 20. The summed E-state index contributed by atoms with van der Waals surface area (Å²) in [7, 11) is -2.07. The summed E-state index contributed by atoms with van der Waals surface area (Å²) in [5.74, 6) is 0. The van der Waals surface area contributed by atoms with Gasteiger partial charge in [-0.25, -0.2) is 0 Å². The van der Waals surface area contributed by atoms with E-state index in [0.29, 0.717) is 0 Å². The van der Waals surface area contributed by atoms with Crippen LogP contribution >= 0.6 is 0 Å². The Morgan fingerprint density at radius 2 is 0.960 bits per heavy atom. The van der Waals surface area contributed by atoms with Crippen LogP contribution in [0.3, 0.4) is 0 Å². The van der Waals surface area contributed by atoms with E-state index in [-0.39, 0.29) is 9.76 Å². The Bertz CT molecular complexity index is 260. The number of unbranched alkanes of at least 4 members (excludes halogenated alkanes) is 15. The molecule has 0 saturated heterocycles. The van der Waals surface area contributed by atoms with E-state index in [9.17, 15) is 0 Å². The molecule has 0 aliphatic heterocycles. The Kier molecular flexibility index (Phi) is 19.4. The molecule has 25 heavy (non-hydrogen) atoms. The van der Waals surface area contributed by atoms with Gasteiger partial charge in [0.05, 0.1) is 0 Å². The normalized spacial score (nSPS) is 12.5. The minimum absolute atomic E-state index is 0.322. The smallest absolute Gasteiger partial charge is 0.321 e. The number of hydrogen-bond donors (Lipinski definition) is 0. The Labute approximate surface area is 163 Å². The lowest BCUT2D eigenvalue weighted by molar-refractivity contribution is 0.244. The Morgan fingerprint density at radius 3 is 1.32 bits per heavy atom. The van der Waals surface area contributed by atoms with Crippen molar-refractivity contribution in [1.29, 1.82) is 0 Å². The van der Waals surface area contributed by atoms with Crippen molar-refractivity contribution in [2.24, 2.45) is 0 Å². The zero-order valence-corrected chi connectivity index (χ0v) is 20.5. The van der Waals surface area contributed by atoms with E-state index in [1.54, 1.807) is 0 Å². The summed E-state index contributed by atoms with van der Waals surface area (Å²) in [4.78, 5) is 0. The summed E-state index contributed by atoms with van der Waals surface area (Å²) < 4.78 is 11.8. The molecule has 0 aliphatic rings. The SMILES string of the molecule is CCCCCCCCCCCCCCCCCCO[Si](C)(C)O[SiH2]C. The number of hydrogen-bond acceptors (Lipinski definition) is 2. The Hall–Kier alpha value is 0.354. The molecule has 0 aliphatic carbocycles. The van der Waals surface area contributed by atoms with Crippen molar-refractivity contribution >= 4 is 18.3 Å². The molecule has 0 heterocycles. The van der Waals surface area contributed by atoms with Crippen LogP contribution in [0, 0.1) is 0 Å². The highest BCUT2D eigenvalue weighted by atomic mass is 28.4. The molecule has 0 spiro atoms. The molecule has 0 fully saturated rings. The summed E-state index contributed by atoms with van der Waals surface area (Å²) in [6.45, 7) is 9.74. The summed E-state index contributed by atoms with van der Waals surface area (Å²) in [6, 6.07) is 0. The van der Waals surface area contributed by atoms with Gasteiger partial charge in [0.15, 0.2) is 0 Å². The Balaban J connectivity index is 3.10. The van der Waals surface area contributed by atoms with Gasteiger partial charge < -0.3 is 8.54 Å². The second-order valence-corrected chi connectivity index (χ2v) is 12.8. The van der Waals surface area contributed by atoms with Crippen molar-refractivity contribution in [2.45, 2.75) is 129 Å². The molecule has 4 heteroatoms. The van der Waals surface area contributed by atoms with Crippen molar-refractivity contribution in [3.05, 3.63) is 0 Å². The topological polar surface area (TPSA) is 18.5 Å². The molecule has 0 rings (SSSR count). The Morgan fingerprint density at radius 1 is 0.600 bits per heavy atom. The van der Waals surface area contributed by atoms with Crippen molar-refractivity contribution in [2.75, 3.05) is 6.61 Å². The maximum atomic E-state index is 5.94. The second-order valence-electron chi connectivity index (χ2n) is 7.98. The van der Waals surface area contributed by atoms with Crippen LogP contribution < -0.4 is 0 Å². The van der Waals surface area contributed by atoms with Gasteiger partial charge in [-0.3, -0.25) is 0 Å². The molecule has 0 amide bonds. The van der Waals surface area contributed by atoms with Gasteiger partial charge >= 0.3 is 8.56 Å². The fourth-order valence-corrected chi connectivity index (χ4v) is 7.11. The van der Waals surface area contributed by atoms with E-state index in [0.717, 1.165) is 6.61 Å². The third-order valence-electron chi connectivity index (χ3n) is 4.94. The van der Waals surface area contributed by atoms with E-state index in [1.807, 2.05) is 0 Å². The predicted molar refractivity (Wildman–Crippen MR) is 118 cm³/mol. The van der Waals surface area contributed by atoms with E-state index in [1.165, 1.54) is 103 Å². The van der Waals surface area contributed by atoms with Crippen LogP contribution in [0.4, 0.5) is 0 Å². The van der Waals surface area contributed by atoms with Crippen LogP contribution in [-0.4, -0.2) is 24.9 Å². The highest BCUT2D eigenvalue weighted by Gasteiger charge is 2.22. The van der Waals surface area contributed by atoms with Gasteiger partial charge in [-0.2, -0.15) is 0 Å². The first kappa shape index (κ1) is 25.4. The standard InChI is InChI=1S/C21H48O2Si2/c1-5-6-7-8-9-10-11-12-13-14-15-16-17-18-19-20-21-22-25(3,4)23-24-2/h5-21,24H2,1-4H3. The fraction of sp³-hybridized carbons (Fsp3) is 1.00. The fourth-order valence-electron chi connectivity index (χ4n) is 3.36. The molecular formula is C21H48O2Si2. The lowest BCUT2D eigenvalue weighted by Crippen LogP contribution is -2.35. The molecule has 152 valence electrons. The molecule has 0 bridgehead atoms. The van der Waals surface area contributed by atoms with Crippen LogP contribution in [-0.2, 0) is 8.54 Å². The van der Waals surface area contributed by atoms with Gasteiger partial charge in [0.2, 0.25) is 0 Å². The molecule has 0 saturated carbocycles. The summed E-state index contributed by atoms with van der Waals surface area (Å²) in [5, 5.41) is 0. The summed E-state index contributed by atoms with van der Waals surface area (Å²) in [5.41, 5.74) is 0. The van der Waals surface area contributed by atoms with E-state index < -0.39 is 8.56 Å². The molecule has 0 aromatic rings. The third-order valence-corrected chi connectivity index (χ3v) is 9.77.